The van der Waals surface area contributed by atoms with Crippen LogP contribution in [0, 0.1) is 17.8 Å². The molecular formula is C26H32O2. The van der Waals surface area contributed by atoms with E-state index in [1.54, 1.807) is 7.11 Å². The Morgan fingerprint density at radius 2 is 1.50 bits per heavy atom. The maximum absolute atomic E-state index is 11.1. The minimum atomic E-state index is -0.663. The van der Waals surface area contributed by atoms with E-state index < -0.39 is 5.60 Å². The average Bonchev–Trinajstić information content (AvgIpc) is 2.74. The van der Waals surface area contributed by atoms with Crippen LogP contribution in [-0.4, -0.2) is 12.2 Å². The van der Waals surface area contributed by atoms with Gasteiger partial charge >= 0.3 is 0 Å². The molecule has 2 aromatic carbocycles. The minimum Gasteiger partial charge on any atom is -0.497 e. The maximum atomic E-state index is 11.1. The van der Waals surface area contributed by atoms with Gasteiger partial charge in [0.2, 0.25) is 0 Å². The van der Waals surface area contributed by atoms with Gasteiger partial charge in [0, 0.05) is 11.1 Å². The van der Waals surface area contributed by atoms with Crippen LogP contribution >= 0.6 is 0 Å². The first-order valence-electron chi connectivity index (χ1n) is 10.6. The van der Waals surface area contributed by atoms with Crippen LogP contribution in [0.4, 0.5) is 0 Å². The van der Waals surface area contributed by atoms with Crippen LogP contribution in [0.25, 0.3) is 0 Å². The van der Waals surface area contributed by atoms with Gasteiger partial charge in [-0.3, -0.25) is 0 Å². The minimum absolute atomic E-state index is 0.663. The molecular weight excluding hydrogens is 344 g/mol. The monoisotopic (exact) mass is 376 g/mol. The van der Waals surface area contributed by atoms with Crippen LogP contribution in [0.1, 0.15) is 75.0 Å². The Hall–Kier alpha value is -2.24. The summed E-state index contributed by atoms with van der Waals surface area (Å²) in [6.45, 7) is 2.25. The van der Waals surface area contributed by atoms with E-state index >= 15 is 0 Å². The van der Waals surface area contributed by atoms with Crippen molar-refractivity contribution in [2.24, 2.45) is 5.92 Å². The van der Waals surface area contributed by atoms with Crippen molar-refractivity contribution in [1.29, 1.82) is 0 Å². The highest BCUT2D eigenvalue weighted by Crippen LogP contribution is 2.41. The number of methoxy groups -OCH3 is 1. The Kier molecular flexibility index (Phi) is 7.18. The van der Waals surface area contributed by atoms with Crippen LogP contribution in [0.2, 0.25) is 0 Å². The first-order valence-corrected chi connectivity index (χ1v) is 10.6. The first-order chi connectivity index (χ1) is 13.6. The highest BCUT2D eigenvalue weighted by atomic mass is 16.5. The lowest BCUT2D eigenvalue weighted by molar-refractivity contribution is -0.0154. The summed E-state index contributed by atoms with van der Waals surface area (Å²) in [5, 5.41) is 11.1. The third-order valence-corrected chi connectivity index (χ3v) is 6.01. The fraction of sp³-hybridized carbons (Fsp3) is 0.462. The number of aliphatic hydroxyl groups is 1. The summed E-state index contributed by atoms with van der Waals surface area (Å²) in [5.41, 5.74) is 2.30. The van der Waals surface area contributed by atoms with Gasteiger partial charge in [-0.15, -0.1) is 0 Å². The first kappa shape index (κ1) is 20.5. The van der Waals surface area contributed by atoms with Crippen molar-refractivity contribution in [3.63, 3.8) is 0 Å². The second-order valence-corrected chi connectivity index (χ2v) is 8.03. The highest BCUT2D eigenvalue weighted by molar-refractivity contribution is 5.45. The second-order valence-electron chi connectivity index (χ2n) is 8.03. The normalized spacial score (nSPS) is 21.6. The number of unbranched alkanes of at least 4 members (excludes halogenated alkanes) is 2. The van der Waals surface area contributed by atoms with Gasteiger partial charge < -0.3 is 9.84 Å². The molecule has 0 spiro atoms. The van der Waals surface area contributed by atoms with Crippen molar-refractivity contribution < 1.29 is 9.84 Å². The molecule has 0 atom stereocenters. The molecule has 2 aromatic rings. The van der Waals surface area contributed by atoms with Crippen molar-refractivity contribution >= 4 is 0 Å². The molecule has 1 aliphatic carbocycles. The molecule has 0 radical (unpaired) electrons. The van der Waals surface area contributed by atoms with E-state index in [4.69, 9.17) is 4.74 Å². The number of rotatable bonds is 6. The molecule has 0 unspecified atom stereocenters. The summed E-state index contributed by atoms with van der Waals surface area (Å²) in [7, 11) is 1.66. The predicted octanol–water partition coefficient (Wildman–Crippen LogP) is 6.05. The molecule has 1 fully saturated rings. The summed E-state index contributed by atoms with van der Waals surface area (Å²) in [6.07, 6.45) is 9.30. The van der Waals surface area contributed by atoms with E-state index in [-0.39, 0.29) is 0 Å². The van der Waals surface area contributed by atoms with Crippen molar-refractivity contribution in [2.45, 2.75) is 63.9 Å². The van der Waals surface area contributed by atoms with E-state index in [1.807, 2.05) is 36.4 Å². The molecule has 0 amide bonds. The van der Waals surface area contributed by atoms with Gasteiger partial charge in [0.1, 0.15) is 5.75 Å². The van der Waals surface area contributed by atoms with Gasteiger partial charge in [0.15, 0.2) is 0 Å². The number of hydrogen-bond acceptors (Lipinski definition) is 2. The van der Waals surface area contributed by atoms with Crippen LogP contribution in [0.3, 0.4) is 0 Å². The molecule has 0 aromatic heterocycles. The molecule has 0 aliphatic heterocycles. The third-order valence-electron chi connectivity index (χ3n) is 6.01. The van der Waals surface area contributed by atoms with Crippen LogP contribution < -0.4 is 4.74 Å². The zero-order valence-electron chi connectivity index (χ0n) is 17.2. The van der Waals surface area contributed by atoms with Crippen molar-refractivity contribution in [3.8, 4) is 17.6 Å². The Labute approximate surface area is 169 Å². The van der Waals surface area contributed by atoms with E-state index in [0.717, 1.165) is 54.0 Å². The zero-order valence-corrected chi connectivity index (χ0v) is 17.2. The van der Waals surface area contributed by atoms with E-state index in [9.17, 15) is 5.11 Å². The molecule has 3 rings (SSSR count). The fourth-order valence-electron chi connectivity index (χ4n) is 4.10. The maximum Gasteiger partial charge on any atom is 0.118 e. The molecule has 2 heteroatoms. The van der Waals surface area contributed by atoms with Gasteiger partial charge in [0.25, 0.3) is 0 Å². The zero-order chi connectivity index (χ0) is 19.8. The van der Waals surface area contributed by atoms with Crippen molar-refractivity contribution in [2.75, 3.05) is 7.11 Å². The van der Waals surface area contributed by atoms with Gasteiger partial charge in [-0.05, 0) is 73.6 Å². The van der Waals surface area contributed by atoms with E-state index in [0.29, 0.717) is 0 Å². The average molecular weight is 377 g/mol. The van der Waals surface area contributed by atoms with Gasteiger partial charge in [-0.25, -0.2) is 0 Å². The second kappa shape index (κ2) is 9.80. The Morgan fingerprint density at radius 1 is 0.929 bits per heavy atom. The SMILES string of the molecule is CCCCCC1CCC(O)(c2ccc(C#Cc3ccc(OC)cc3)cc2)CC1. The van der Waals surface area contributed by atoms with Crippen LogP contribution in [0.15, 0.2) is 48.5 Å². The quantitative estimate of drug-likeness (QED) is 0.491. The molecule has 0 bridgehead atoms. The smallest absolute Gasteiger partial charge is 0.118 e. The summed E-state index contributed by atoms with van der Waals surface area (Å²) < 4.78 is 5.17. The van der Waals surface area contributed by atoms with Gasteiger partial charge in [0.05, 0.1) is 12.7 Å². The summed E-state index contributed by atoms with van der Waals surface area (Å²) in [5.74, 6) is 8.02. The Balaban J connectivity index is 1.59. The molecule has 0 heterocycles. The Morgan fingerprint density at radius 3 is 2.04 bits per heavy atom. The molecule has 1 saturated carbocycles. The largest absolute Gasteiger partial charge is 0.497 e. The Bertz CT molecular complexity index is 785. The molecule has 148 valence electrons. The topological polar surface area (TPSA) is 29.5 Å². The lowest BCUT2D eigenvalue weighted by atomic mass is 9.74. The van der Waals surface area contributed by atoms with Crippen LogP contribution in [0.5, 0.6) is 5.75 Å². The van der Waals surface area contributed by atoms with E-state index in [1.165, 1.54) is 25.7 Å². The number of ether oxygens (including phenoxy) is 1. The highest BCUT2D eigenvalue weighted by Gasteiger charge is 2.34. The van der Waals surface area contributed by atoms with Crippen LogP contribution in [-0.2, 0) is 5.60 Å². The lowest BCUT2D eigenvalue weighted by Crippen LogP contribution is -2.31. The summed E-state index contributed by atoms with van der Waals surface area (Å²) >= 11 is 0. The van der Waals surface area contributed by atoms with Crippen molar-refractivity contribution in [1.82, 2.24) is 0 Å². The summed E-state index contributed by atoms with van der Waals surface area (Å²) in [4.78, 5) is 0. The molecule has 1 aliphatic rings. The standard InChI is InChI=1S/C26H32O2/c1-3-4-5-6-21-17-19-26(27,20-18-21)24-13-9-22(10-14-24)7-8-23-11-15-25(28-2)16-12-23/h9-16,21,27H,3-6,17-20H2,1-2H3. The van der Waals surface area contributed by atoms with Crippen molar-refractivity contribution in [3.05, 3.63) is 65.2 Å². The fourth-order valence-corrected chi connectivity index (χ4v) is 4.10. The number of hydrogen-bond donors (Lipinski definition) is 1. The molecule has 0 saturated heterocycles. The lowest BCUT2D eigenvalue weighted by Gasteiger charge is -2.36. The van der Waals surface area contributed by atoms with Gasteiger partial charge in [-0.1, -0.05) is 56.6 Å². The van der Waals surface area contributed by atoms with Gasteiger partial charge in [-0.2, -0.15) is 0 Å². The predicted molar refractivity (Wildman–Crippen MR) is 115 cm³/mol. The molecule has 1 N–H and O–H groups in total. The molecule has 28 heavy (non-hydrogen) atoms. The number of benzene rings is 2. The molecule has 2 nitrogen and oxygen atoms in total. The third kappa shape index (κ3) is 5.40. The summed E-state index contributed by atoms with van der Waals surface area (Å²) in [6, 6.07) is 15.9. The van der Waals surface area contributed by atoms with E-state index in [2.05, 4.69) is 30.9 Å².